The molecule has 1 amide bonds. The van der Waals surface area contributed by atoms with Gasteiger partial charge in [-0.05, 0) is 30.9 Å². The van der Waals surface area contributed by atoms with Gasteiger partial charge in [-0.15, -0.1) is 0 Å². The zero-order valence-corrected chi connectivity index (χ0v) is 14.0. The maximum atomic E-state index is 12.7. The van der Waals surface area contributed by atoms with Gasteiger partial charge in [0.15, 0.2) is 0 Å². The summed E-state index contributed by atoms with van der Waals surface area (Å²) < 4.78 is 31.1. The summed E-state index contributed by atoms with van der Waals surface area (Å²) >= 11 is 0. The third kappa shape index (κ3) is 4.03. The Balaban J connectivity index is 1.64. The minimum Gasteiger partial charge on any atom is -0.492 e. The number of ether oxygens (including phenoxy) is 1. The van der Waals surface area contributed by atoms with Crippen molar-refractivity contribution in [2.75, 3.05) is 26.0 Å². The first kappa shape index (κ1) is 16.3. The fourth-order valence-corrected chi connectivity index (χ4v) is 4.12. The molecule has 1 N–H and O–H groups in total. The Bertz CT molecular complexity index is 689. The van der Waals surface area contributed by atoms with Gasteiger partial charge >= 0.3 is 0 Å². The zero-order valence-electron chi connectivity index (χ0n) is 13.2. The summed E-state index contributed by atoms with van der Waals surface area (Å²) in [5.74, 6) is 0.716. The van der Waals surface area contributed by atoms with Gasteiger partial charge in [0, 0.05) is 19.1 Å². The maximum absolute atomic E-state index is 12.7. The molecular weight excluding hydrogens is 316 g/mol. The number of piperidine rings is 1. The van der Waals surface area contributed by atoms with E-state index in [1.165, 1.54) is 0 Å². The van der Waals surface area contributed by atoms with Gasteiger partial charge in [0.05, 0.1) is 12.2 Å². The third-order valence-corrected chi connectivity index (χ3v) is 5.10. The van der Waals surface area contributed by atoms with Crippen molar-refractivity contribution in [1.82, 2.24) is 9.62 Å². The van der Waals surface area contributed by atoms with Gasteiger partial charge in [0.25, 0.3) is 0 Å². The Morgan fingerprint density at radius 3 is 2.91 bits per heavy atom. The summed E-state index contributed by atoms with van der Waals surface area (Å²) in [6.45, 7) is 1.50. The van der Waals surface area contributed by atoms with Crippen LogP contribution >= 0.6 is 0 Å². The van der Waals surface area contributed by atoms with E-state index in [1.807, 2.05) is 24.3 Å². The molecule has 1 fully saturated rings. The van der Waals surface area contributed by atoms with Crippen LogP contribution in [0.2, 0.25) is 0 Å². The lowest BCUT2D eigenvalue weighted by atomic mass is 9.94. The van der Waals surface area contributed by atoms with E-state index in [-0.39, 0.29) is 17.9 Å². The number of likely N-dealkylation sites (tertiary alicyclic amines) is 1. The number of nitrogens with one attached hydrogen (secondary N) is 1. The molecule has 23 heavy (non-hydrogen) atoms. The second-order valence-corrected chi connectivity index (χ2v) is 8.11. The first-order chi connectivity index (χ1) is 10.9. The molecule has 1 aromatic carbocycles. The van der Waals surface area contributed by atoms with E-state index < -0.39 is 10.0 Å². The Kier molecular flexibility index (Phi) is 4.59. The summed E-state index contributed by atoms with van der Waals surface area (Å²) in [7, 11) is -3.25. The molecular formula is C16H22N2O4S. The summed E-state index contributed by atoms with van der Waals surface area (Å²) in [6.07, 6.45) is 3.40. The molecule has 0 aliphatic carbocycles. The molecule has 0 bridgehead atoms. The van der Waals surface area contributed by atoms with E-state index in [2.05, 4.69) is 4.72 Å². The third-order valence-electron chi connectivity index (χ3n) is 4.34. The van der Waals surface area contributed by atoms with Crippen molar-refractivity contribution >= 4 is 15.9 Å². The lowest BCUT2D eigenvalue weighted by Crippen LogP contribution is -2.51. The predicted octanol–water partition coefficient (Wildman–Crippen LogP) is 0.778. The number of rotatable bonds is 3. The fourth-order valence-electron chi connectivity index (χ4n) is 3.32. The molecule has 2 atom stereocenters. The number of hydrogen-bond donors (Lipinski definition) is 1. The van der Waals surface area contributed by atoms with Crippen molar-refractivity contribution in [3.05, 3.63) is 29.8 Å². The van der Waals surface area contributed by atoms with Gasteiger partial charge in [-0.25, -0.2) is 13.1 Å². The van der Waals surface area contributed by atoms with Crippen molar-refractivity contribution in [2.24, 2.45) is 5.92 Å². The average molecular weight is 338 g/mol. The van der Waals surface area contributed by atoms with E-state index in [0.29, 0.717) is 26.1 Å². The molecule has 2 aliphatic rings. The SMILES string of the molecule is CS(=O)(=O)N[C@@H]1CCCN(C(=O)[C@H]2COc3ccccc3C2)C1. The molecule has 7 heteroatoms. The highest BCUT2D eigenvalue weighted by molar-refractivity contribution is 7.88. The summed E-state index contributed by atoms with van der Waals surface area (Å²) in [5.41, 5.74) is 1.06. The number of carbonyl (C=O) groups excluding carboxylic acids is 1. The smallest absolute Gasteiger partial charge is 0.229 e. The Labute approximate surface area is 136 Å². The highest BCUT2D eigenvalue weighted by Gasteiger charge is 2.32. The second-order valence-electron chi connectivity index (χ2n) is 6.33. The molecule has 126 valence electrons. The molecule has 0 unspecified atom stereocenters. The molecule has 2 aliphatic heterocycles. The van der Waals surface area contributed by atoms with Gasteiger partial charge in [-0.3, -0.25) is 4.79 Å². The monoisotopic (exact) mass is 338 g/mol. The van der Waals surface area contributed by atoms with E-state index in [0.717, 1.165) is 30.4 Å². The van der Waals surface area contributed by atoms with Crippen LogP contribution in [0.25, 0.3) is 0 Å². The largest absolute Gasteiger partial charge is 0.492 e. The lowest BCUT2D eigenvalue weighted by Gasteiger charge is -2.36. The molecule has 6 nitrogen and oxygen atoms in total. The van der Waals surface area contributed by atoms with Crippen molar-refractivity contribution in [3.8, 4) is 5.75 Å². The van der Waals surface area contributed by atoms with E-state index >= 15 is 0 Å². The van der Waals surface area contributed by atoms with Gasteiger partial charge in [-0.1, -0.05) is 18.2 Å². The number of hydrogen-bond acceptors (Lipinski definition) is 4. The Hall–Kier alpha value is -1.60. The zero-order chi connectivity index (χ0) is 16.4. The number of benzene rings is 1. The van der Waals surface area contributed by atoms with Crippen molar-refractivity contribution in [2.45, 2.75) is 25.3 Å². The van der Waals surface area contributed by atoms with Crippen molar-refractivity contribution < 1.29 is 17.9 Å². The predicted molar refractivity (Wildman–Crippen MR) is 86.7 cm³/mol. The molecule has 1 saturated heterocycles. The van der Waals surface area contributed by atoms with Crippen LogP contribution < -0.4 is 9.46 Å². The number of para-hydroxylation sites is 1. The van der Waals surface area contributed by atoms with Gasteiger partial charge in [0.2, 0.25) is 15.9 Å². The average Bonchev–Trinajstić information content (AvgIpc) is 2.52. The molecule has 0 aromatic heterocycles. The summed E-state index contributed by atoms with van der Waals surface area (Å²) in [4.78, 5) is 14.5. The summed E-state index contributed by atoms with van der Waals surface area (Å²) in [6, 6.07) is 7.58. The molecule has 0 saturated carbocycles. The first-order valence-corrected chi connectivity index (χ1v) is 9.78. The highest BCUT2D eigenvalue weighted by atomic mass is 32.2. The van der Waals surface area contributed by atoms with E-state index in [9.17, 15) is 13.2 Å². The van der Waals surface area contributed by atoms with Crippen LogP contribution in [0, 0.1) is 5.92 Å². The van der Waals surface area contributed by atoms with Gasteiger partial charge < -0.3 is 9.64 Å². The normalized spacial score (nSPS) is 24.7. The van der Waals surface area contributed by atoms with Crippen LogP contribution in [-0.2, 0) is 21.2 Å². The number of fused-ring (bicyclic) bond motifs is 1. The van der Waals surface area contributed by atoms with Crippen LogP contribution in [0.15, 0.2) is 24.3 Å². The first-order valence-electron chi connectivity index (χ1n) is 7.89. The fraction of sp³-hybridized carbons (Fsp3) is 0.562. The quantitative estimate of drug-likeness (QED) is 0.884. The molecule has 0 radical (unpaired) electrons. The number of carbonyl (C=O) groups is 1. The van der Waals surface area contributed by atoms with Crippen LogP contribution in [0.1, 0.15) is 18.4 Å². The maximum Gasteiger partial charge on any atom is 0.229 e. The molecule has 2 heterocycles. The minimum atomic E-state index is -3.25. The summed E-state index contributed by atoms with van der Waals surface area (Å²) in [5, 5.41) is 0. The van der Waals surface area contributed by atoms with E-state index in [4.69, 9.17) is 4.74 Å². The van der Waals surface area contributed by atoms with Crippen molar-refractivity contribution in [1.29, 1.82) is 0 Å². The standard InChI is InChI=1S/C16H22N2O4S/c1-23(20,21)17-14-6-4-8-18(10-14)16(19)13-9-12-5-2-3-7-15(12)22-11-13/h2-3,5,7,13-14,17H,4,6,8-11H2,1H3/t13-,14-/m1/s1. The lowest BCUT2D eigenvalue weighted by molar-refractivity contribution is -0.138. The number of amides is 1. The van der Waals surface area contributed by atoms with Crippen LogP contribution in [0.4, 0.5) is 0 Å². The molecule has 0 spiro atoms. The Morgan fingerprint density at radius 2 is 2.13 bits per heavy atom. The van der Waals surface area contributed by atoms with Crippen molar-refractivity contribution in [3.63, 3.8) is 0 Å². The molecule has 3 rings (SSSR count). The van der Waals surface area contributed by atoms with E-state index in [1.54, 1.807) is 4.90 Å². The van der Waals surface area contributed by atoms with Crippen LogP contribution in [-0.4, -0.2) is 51.2 Å². The molecule has 1 aromatic rings. The topological polar surface area (TPSA) is 75.7 Å². The van der Waals surface area contributed by atoms with Gasteiger partial charge in [-0.2, -0.15) is 0 Å². The second kappa shape index (κ2) is 6.49. The van der Waals surface area contributed by atoms with Gasteiger partial charge in [0.1, 0.15) is 12.4 Å². The number of nitrogens with zero attached hydrogens (tertiary/aromatic N) is 1. The highest BCUT2D eigenvalue weighted by Crippen LogP contribution is 2.28. The number of sulfonamides is 1. The minimum absolute atomic E-state index is 0.0551. The van der Waals surface area contributed by atoms with Crippen LogP contribution in [0.5, 0.6) is 5.75 Å². The van der Waals surface area contributed by atoms with Crippen LogP contribution in [0.3, 0.4) is 0 Å². The Morgan fingerprint density at radius 1 is 1.35 bits per heavy atom.